The number of aliphatic carboxylic acids is 1. The first kappa shape index (κ1) is 14.0. The quantitative estimate of drug-likeness (QED) is 0.738. The van der Waals surface area contributed by atoms with E-state index < -0.39 is 29.2 Å². The van der Waals surface area contributed by atoms with Crippen LogP contribution in [0.2, 0.25) is 0 Å². The van der Waals surface area contributed by atoms with E-state index in [9.17, 15) is 19.2 Å². The maximum atomic E-state index is 12.1. The van der Waals surface area contributed by atoms with Crippen molar-refractivity contribution in [3.05, 3.63) is 33.1 Å². The van der Waals surface area contributed by atoms with Crippen molar-refractivity contribution in [2.45, 2.75) is 31.8 Å². The van der Waals surface area contributed by atoms with Gasteiger partial charge >= 0.3 is 11.7 Å². The van der Waals surface area contributed by atoms with Crippen LogP contribution in [-0.2, 0) is 16.1 Å². The van der Waals surface area contributed by atoms with Crippen LogP contribution < -0.4 is 11.2 Å². The van der Waals surface area contributed by atoms with Crippen LogP contribution in [0, 0.1) is 0 Å². The van der Waals surface area contributed by atoms with Crippen molar-refractivity contribution < 1.29 is 14.7 Å². The lowest BCUT2D eigenvalue weighted by Gasteiger charge is -2.33. The third-order valence-electron chi connectivity index (χ3n) is 3.31. The van der Waals surface area contributed by atoms with Crippen LogP contribution in [0.1, 0.15) is 19.3 Å². The standard InChI is InChI=1S/C12H15N3O5/c16-9-4-6-14(12(20)13-9)7-10(17)15-5-2-1-3-8(15)11(18)19/h4,6,8H,1-3,5,7H2,(H,18,19)(H,13,16,20)/t8-/m1/s1. The molecule has 2 rings (SSSR count). The summed E-state index contributed by atoms with van der Waals surface area (Å²) >= 11 is 0. The van der Waals surface area contributed by atoms with Gasteiger partial charge in [-0.3, -0.25) is 19.1 Å². The number of nitrogens with zero attached hydrogens (tertiary/aromatic N) is 2. The number of carboxylic acid groups (broad SMARTS) is 1. The lowest BCUT2D eigenvalue weighted by Crippen LogP contribution is -2.49. The smallest absolute Gasteiger partial charge is 0.328 e. The number of hydrogen-bond acceptors (Lipinski definition) is 4. The number of piperidine rings is 1. The third-order valence-corrected chi connectivity index (χ3v) is 3.31. The summed E-state index contributed by atoms with van der Waals surface area (Å²) in [6.45, 7) is 0.0906. The Morgan fingerprint density at radius 2 is 2.10 bits per heavy atom. The summed E-state index contributed by atoms with van der Waals surface area (Å²) in [6.07, 6.45) is 3.15. The van der Waals surface area contributed by atoms with Gasteiger partial charge in [-0.2, -0.15) is 0 Å². The Labute approximate surface area is 113 Å². The maximum Gasteiger partial charge on any atom is 0.328 e. The van der Waals surface area contributed by atoms with Crippen molar-refractivity contribution in [3.63, 3.8) is 0 Å². The maximum absolute atomic E-state index is 12.1. The number of carboxylic acids is 1. The summed E-state index contributed by atoms with van der Waals surface area (Å²) in [6, 6.07) is 0.300. The van der Waals surface area contributed by atoms with Crippen molar-refractivity contribution >= 4 is 11.9 Å². The summed E-state index contributed by atoms with van der Waals surface area (Å²) in [5.41, 5.74) is -1.23. The van der Waals surface area contributed by atoms with Gasteiger partial charge in [0.05, 0.1) is 0 Å². The largest absolute Gasteiger partial charge is 0.480 e. The second-order valence-corrected chi connectivity index (χ2v) is 4.67. The van der Waals surface area contributed by atoms with Crippen LogP contribution in [-0.4, -0.2) is 44.0 Å². The number of amides is 1. The summed E-state index contributed by atoms with van der Waals surface area (Å²) in [5.74, 6) is -1.47. The summed E-state index contributed by atoms with van der Waals surface area (Å²) in [5, 5.41) is 9.10. The fourth-order valence-corrected chi connectivity index (χ4v) is 2.29. The molecule has 8 nitrogen and oxygen atoms in total. The van der Waals surface area contributed by atoms with Gasteiger partial charge in [0, 0.05) is 18.8 Å². The van der Waals surface area contributed by atoms with Crippen LogP contribution >= 0.6 is 0 Å². The molecule has 0 bridgehead atoms. The molecule has 1 fully saturated rings. The number of nitrogens with one attached hydrogen (secondary N) is 1. The second kappa shape index (κ2) is 5.72. The van der Waals surface area contributed by atoms with E-state index in [4.69, 9.17) is 5.11 Å². The lowest BCUT2D eigenvalue weighted by molar-refractivity contribution is -0.152. The van der Waals surface area contributed by atoms with Crippen LogP contribution in [0.25, 0.3) is 0 Å². The Morgan fingerprint density at radius 3 is 2.75 bits per heavy atom. The van der Waals surface area contributed by atoms with Gasteiger partial charge in [0.25, 0.3) is 5.56 Å². The first-order valence-electron chi connectivity index (χ1n) is 6.31. The van der Waals surface area contributed by atoms with Crippen molar-refractivity contribution in [1.29, 1.82) is 0 Å². The zero-order valence-electron chi connectivity index (χ0n) is 10.7. The minimum absolute atomic E-state index is 0.278. The Hall–Kier alpha value is -2.38. The van der Waals surface area contributed by atoms with E-state index in [0.29, 0.717) is 13.0 Å². The number of carbonyl (C=O) groups excluding carboxylic acids is 1. The molecule has 0 spiro atoms. The molecule has 2 heterocycles. The molecule has 0 aromatic carbocycles. The highest BCUT2D eigenvalue weighted by Gasteiger charge is 2.31. The first-order chi connectivity index (χ1) is 9.49. The molecule has 0 aliphatic carbocycles. The molecule has 1 aliphatic rings. The predicted molar refractivity (Wildman–Crippen MR) is 68.3 cm³/mol. The van der Waals surface area contributed by atoms with E-state index in [1.807, 2.05) is 4.98 Å². The van der Waals surface area contributed by atoms with Crippen molar-refractivity contribution in [2.75, 3.05) is 6.54 Å². The highest BCUT2D eigenvalue weighted by atomic mass is 16.4. The highest BCUT2D eigenvalue weighted by molar-refractivity contribution is 5.83. The lowest BCUT2D eigenvalue weighted by atomic mass is 10.0. The molecule has 1 aromatic rings. The molecule has 1 aromatic heterocycles. The molecule has 8 heteroatoms. The molecule has 0 saturated carbocycles. The molecule has 1 atom stereocenters. The summed E-state index contributed by atoms with van der Waals surface area (Å²) in [7, 11) is 0. The summed E-state index contributed by atoms with van der Waals surface area (Å²) < 4.78 is 1.05. The van der Waals surface area contributed by atoms with Gasteiger partial charge in [-0.25, -0.2) is 9.59 Å². The molecule has 108 valence electrons. The summed E-state index contributed by atoms with van der Waals surface area (Å²) in [4.78, 5) is 49.0. The Morgan fingerprint density at radius 1 is 1.35 bits per heavy atom. The number of aromatic amines is 1. The zero-order chi connectivity index (χ0) is 14.7. The van der Waals surface area contributed by atoms with Gasteiger partial charge in [0.2, 0.25) is 5.91 Å². The van der Waals surface area contributed by atoms with Gasteiger partial charge in [0.15, 0.2) is 0 Å². The van der Waals surface area contributed by atoms with Gasteiger partial charge in [0.1, 0.15) is 12.6 Å². The van der Waals surface area contributed by atoms with Crippen molar-refractivity contribution in [2.24, 2.45) is 0 Å². The number of carbonyl (C=O) groups is 2. The molecule has 0 unspecified atom stereocenters. The molecule has 0 radical (unpaired) electrons. The van der Waals surface area contributed by atoms with Crippen molar-refractivity contribution in [3.8, 4) is 0 Å². The molecule has 2 N–H and O–H groups in total. The third kappa shape index (κ3) is 2.95. The van der Waals surface area contributed by atoms with Crippen molar-refractivity contribution in [1.82, 2.24) is 14.5 Å². The minimum atomic E-state index is -1.04. The van der Waals surface area contributed by atoms with Gasteiger partial charge in [-0.05, 0) is 19.3 Å². The fourth-order valence-electron chi connectivity index (χ4n) is 2.29. The van der Waals surface area contributed by atoms with E-state index in [1.54, 1.807) is 0 Å². The molecule has 20 heavy (non-hydrogen) atoms. The van der Waals surface area contributed by atoms with E-state index in [1.165, 1.54) is 11.1 Å². The SMILES string of the molecule is O=C(O)[C@H]1CCCCN1C(=O)Cn1ccc(=O)[nH]c1=O. The Kier molecular flexibility index (Phi) is 4.02. The van der Waals surface area contributed by atoms with E-state index in [-0.39, 0.29) is 6.54 Å². The number of rotatable bonds is 3. The van der Waals surface area contributed by atoms with E-state index in [2.05, 4.69) is 0 Å². The Balaban J connectivity index is 2.16. The number of aromatic nitrogens is 2. The molecule has 1 aliphatic heterocycles. The number of likely N-dealkylation sites (tertiary alicyclic amines) is 1. The second-order valence-electron chi connectivity index (χ2n) is 4.67. The minimum Gasteiger partial charge on any atom is -0.480 e. The van der Waals surface area contributed by atoms with Crippen LogP contribution in [0.4, 0.5) is 0 Å². The molecular weight excluding hydrogens is 266 g/mol. The topological polar surface area (TPSA) is 112 Å². The van der Waals surface area contributed by atoms with Crippen LogP contribution in [0.3, 0.4) is 0 Å². The van der Waals surface area contributed by atoms with E-state index in [0.717, 1.165) is 23.5 Å². The van der Waals surface area contributed by atoms with Gasteiger partial charge in [-0.15, -0.1) is 0 Å². The average molecular weight is 281 g/mol. The fraction of sp³-hybridized carbons (Fsp3) is 0.500. The van der Waals surface area contributed by atoms with Gasteiger partial charge < -0.3 is 10.0 Å². The monoisotopic (exact) mass is 281 g/mol. The highest BCUT2D eigenvalue weighted by Crippen LogP contribution is 2.17. The van der Waals surface area contributed by atoms with Crippen LogP contribution in [0.15, 0.2) is 21.9 Å². The van der Waals surface area contributed by atoms with Gasteiger partial charge in [-0.1, -0.05) is 0 Å². The Bertz CT molecular complexity index is 632. The predicted octanol–water partition coefficient (Wildman–Crippen LogP) is -0.998. The number of hydrogen-bond donors (Lipinski definition) is 2. The number of H-pyrrole nitrogens is 1. The molecule has 1 amide bonds. The molecule has 1 saturated heterocycles. The normalized spacial score (nSPS) is 18.8. The average Bonchev–Trinajstić information content (AvgIpc) is 2.41. The van der Waals surface area contributed by atoms with Crippen LogP contribution in [0.5, 0.6) is 0 Å². The van der Waals surface area contributed by atoms with E-state index >= 15 is 0 Å². The molecular formula is C12H15N3O5. The zero-order valence-corrected chi connectivity index (χ0v) is 10.7. The first-order valence-corrected chi connectivity index (χ1v) is 6.31.